The van der Waals surface area contributed by atoms with Gasteiger partial charge in [-0.3, -0.25) is 19.8 Å². The third kappa shape index (κ3) is 6.63. The van der Waals surface area contributed by atoms with Crippen LogP contribution < -0.4 is 20.3 Å². The fourth-order valence-electron chi connectivity index (χ4n) is 5.92. The second-order valence-corrected chi connectivity index (χ2v) is 11.8. The first-order valence-corrected chi connectivity index (χ1v) is 15.5. The lowest BCUT2D eigenvalue weighted by atomic mass is 10.0. The molecule has 0 aliphatic carbocycles. The predicted molar refractivity (Wildman–Crippen MR) is 176 cm³/mol. The molecule has 2 aromatic heterocycles. The van der Waals surface area contributed by atoms with E-state index in [1.54, 1.807) is 12.4 Å². The van der Waals surface area contributed by atoms with E-state index < -0.39 is 6.10 Å². The van der Waals surface area contributed by atoms with Crippen molar-refractivity contribution in [1.29, 1.82) is 0 Å². The third-order valence-electron chi connectivity index (χ3n) is 8.24. The average Bonchev–Trinajstić information content (AvgIpc) is 3.44. The van der Waals surface area contributed by atoms with E-state index in [1.807, 2.05) is 37.3 Å². The van der Waals surface area contributed by atoms with Gasteiger partial charge in [-0.25, -0.2) is 0 Å². The van der Waals surface area contributed by atoms with Crippen molar-refractivity contribution in [3.8, 4) is 5.75 Å². The topological polar surface area (TPSA) is 108 Å². The van der Waals surface area contributed by atoms with Crippen LogP contribution >= 0.6 is 23.2 Å². The lowest BCUT2D eigenvalue weighted by Crippen LogP contribution is -2.49. The van der Waals surface area contributed by atoms with Gasteiger partial charge in [0.05, 0.1) is 40.2 Å². The van der Waals surface area contributed by atoms with Crippen LogP contribution in [0.3, 0.4) is 0 Å². The molecule has 1 amide bonds. The van der Waals surface area contributed by atoms with Crippen LogP contribution in [0, 0.1) is 0 Å². The number of nitrogens with one attached hydrogen (secondary N) is 3. The average molecular weight is 637 g/mol. The van der Waals surface area contributed by atoms with Crippen molar-refractivity contribution in [1.82, 2.24) is 20.1 Å². The number of pyridine rings is 1. The van der Waals surface area contributed by atoms with Gasteiger partial charge in [-0.1, -0.05) is 29.8 Å². The molecule has 6 rings (SSSR count). The first-order chi connectivity index (χ1) is 21.4. The summed E-state index contributed by atoms with van der Waals surface area (Å²) < 4.78 is 11.7. The zero-order valence-electron chi connectivity index (χ0n) is 24.5. The summed E-state index contributed by atoms with van der Waals surface area (Å²) in [6, 6.07) is 12.3. The number of ether oxygens (including phenoxy) is 2. The van der Waals surface area contributed by atoms with Crippen molar-refractivity contribution < 1.29 is 14.3 Å². The minimum absolute atomic E-state index is 0.291. The van der Waals surface area contributed by atoms with Gasteiger partial charge >= 0.3 is 0 Å². The van der Waals surface area contributed by atoms with E-state index in [0.717, 1.165) is 68.8 Å². The molecule has 1 atom stereocenters. The zero-order valence-corrected chi connectivity index (χ0v) is 26.0. The van der Waals surface area contributed by atoms with E-state index in [1.165, 1.54) is 6.08 Å². The highest BCUT2D eigenvalue weighted by molar-refractivity contribution is 6.35. The van der Waals surface area contributed by atoms with Crippen molar-refractivity contribution in [2.45, 2.75) is 31.9 Å². The summed E-state index contributed by atoms with van der Waals surface area (Å²) in [5.41, 5.74) is 3.89. The number of piperidine rings is 1. The van der Waals surface area contributed by atoms with E-state index in [-0.39, 0.29) is 5.91 Å². The Hall–Kier alpha value is -3.83. The largest absolute Gasteiger partial charge is 0.486 e. The molecule has 2 aromatic carbocycles. The summed E-state index contributed by atoms with van der Waals surface area (Å²) in [5.74, 6) is 0.918. The number of halogens is 2. The molecule has 4 aromatic rings. The number of aromatic nitrogens is 3. The molecular formula is C32H35Cl2N7O3. The van der Waals surface area contributed by atoms with Crippen molar-refractivity contribution >= 4 is 62.9 Å². The van der Waals surface area contributed by atoms with Gasteiger partial charge in [-0.2, -0.15) is 5.10 Å². The molecule has 0 spiro atoms. The normalized spacial score (nSPS) is 16.9. The molecule has 0 saturated carbocycles. The summed E-state index contributed by atoms with van der Waals surface area (Å²) in [5, 5.41) is 15.6. The van der Waals surface area contributed by atoms with Crippen LogP contribution in [0.5, 0.6) is 5.75 Å². The quantitative estimate of drug-likeness (QED) is 0.177. The van der Waals surface area contributed by atoms with Gasteiger partial charge in [0.2, 0.25) is 5.91 Å². The van der Waals surface area contributed by atoms with Gasteiger partial charge < -0.3 is 25.0 Å². The molecule has 12 heteroatoms. The molecule has 2 fully saturated rings. The van der Waals surface area contributed by atoms with Gasteiger partial charge in [0.15, 0.2) is 5.82 Å². The molecule has 0 unspecified atom stereocenters. The van der Waals surface area contributed by atoms with E-state index in [0.29, 0.717) is 44.6 Å². The molecule has 2 aliphatic heterocycles. The number of rotatable bonds is 9. The maximum absolute atomic E-state index is 12.4. The molecule has 2 aliphatic rings. The molecule has 230 valence electrons. The molecule has 3 N–H and O–H groups in total. The molecule has 10 nitrogen and oxygen atoms in total. The Bertz CT molecular complexity index is 1630. The van der Waals surface area contributed by atoms with Gasteiger partial charge in [0.1, 0.15) is 11.9 Å². The Labute approximate surface area is 266 Å². The highest BCUT2D eigenvalue weighted by atomic mass is 35.5. The number of hydrogen-bond acceptors (Lipinski definition) is 8. The standard InChI is InChI=1S/C32H35Cl2N7O3/c1-3-30(42)36-29-16-22(40-10-8-21(9-11-40)41-12-14-43-15-13-41)4-6-28(29)37-32-24-17-23(5-7-27(24)38-39-32)44-20(2)31-25(33)18-35-19-26(31)34/h3-7,16-21H,1,8-15H2,2H3,(H,36,42)(H2,37,38,39)/t20-/m1/s1. The van der Waals surface area contributed by atoms with Crippen LogP contribution in [0.25, 0.3) is 10.9 Å². The minimum Gasteiger partial charge on any atom is -0.486 e. The molecule has 4 heterocycles. The SMILES string of the molecule is C=CC(=O)Nc1cc(N2CCC(N3CCOCC3)CC2)ccc1Nc1n[nH]c2ccc(O[C@H](C)c3c(Cl)cncc3Cl)cc12. The maximum atomic E-state index is 12.4. The van der Waals surface area contributed by atoms with E-state index in [9.17, 15) is 4.79 Å². The lowest BCUT2D eigenvalue weighted by molar-refractivity contribution is -0.111. The molecule has 0 radical (unpaired) electrons. The van der Waals surface area contributed by atoms with Crippen molar-refractivity contribution in [2.24, 2.45) is 0 Å². The molecule has 44 heavy (non-hydrogen) atoms. The summed E-state index contributed by atoms with van der Waals surface area (Å²) >= 11 is 12.7. The molecule has 2 saturated heterocycles. The Morgan fingerprint density at radius 2 is 1.84 bits per heavy atom. The number of benzene rings is 2. The lowest BCUT2D eigenvalue weighted by Gasteiger charge is -2.41. The number of H-pyrrole nitrogens is 1. The van der Waals surface area contributed by atoms with Crippen LogP contribution in [0.2, 0.25) is 10.0 Å². The number of hydrogen-bond donors (Lipinski definition) is 3. The Kier molecular flexibility index (Phi) is 9.22. The Morgan fingerprint density at radius 3 is 2.57 bits per heavy atom. The molecule has 0 bridgehead atoms. The summed E-state index contributed by atoms with van der Waals surface area (Å²) in [6.07, 6.45) is 6.13. The van der Waals surface area contributed by atoms with Crippen molar-refractivity contribution in [3.63, 3.8) is 0 Å². The monoisotopic (exact) mass is 635 g/mol. The van der Waals surface area contributed by atoms with E-state index >= 15 is 0 Å². The summed E-state index contributed by atoms with van der Waals surface area (Å²) in [4.78, 5) is 21.4. The highest BCUT2D eigenvalue weighted by Gasteiger charge is 2.26. The summed E-state index contributed by atoms with van der Waals surface area (Å²) in [7, 11) is 0. The van der Waals surface area contributed by atoms with E-state index in [2.05, 4.69) is 48.3 Å². The molecular weight excluding hydrogens is 601 g/mol. The van der Waals surface area contributed by atoms with Gasteiger partial charge in [0, 0.05) is 61.3 Å². The second kappa shape index (κ2) is 13.4. The Morgan fingerprint density at radius 1 is 1.09 bits per heavy atom. The number of carbonyl (C=O) groups excluding carboxylic acids is 1. The van der Waals surface area contributed by atoms with Crippen LogP contribution in [-0.2, 0) is 9.53 Å². The minimum atomic E-state index is -0.411. The maximum Gasteiger partial charge on any atom is 0.247 e. The number of aromatic amines is 1. The van der Waals surface area contributed by atoms with Gasteiger partial charge in [-0.15, -0.1) is 0 Å². The van der Waals surface area contributed by atoms with Crippen LogP contribution in [-0.4, -0.2) is 71.4 Å². The van der Waals surface area contributed by atoms with E-state index in [4.69, 9.17) is 32.7 Å². The fourth-order valence-corrected chi connectivity index (χ4v) is 6.59. The number of anilines is 4. The number of amides is 1. The third-order valence-corrected chi connectivity index (χ3v) is 8.84. The van der Waals surface area contributed by atoms with Crippen LogP contribution in [0.4, 0.5) is 22.9 Å². The van der Waals surface area contributed by atoms with Crippen LogP contribution in [0.15, 0.2) is 61.4 Å². The van der Waals surface area contributed by atoms with Gasteiger partial charge in [-0.05, 0) is 62.2 Å². The Balaban J connectivity index is 1.21. The smallest absolute Gasteiger partial charge is 0.247 e. The van der Waals surface area contributed by atoms with Gasteiger partial charge in [0.25, 0.3) is 0 Å². The number of nitrogens with zero attached hydrogens (tertiary/aromatic N) is 4. The number of carbonyl (C=O) groups is 1. The summed E-state index contributed by atoms with van der Waals surface area (Å²) in [6.45, 7) is 11.0. The number of morpholine rings is 1. The van der Waals surface area contributed by atoms with Crippen molar-refractivity contribution in [2.75, 3.05) is 54.9 Å². The second-order valence-electron chi connectivity index (χ2n) is 11.0. The first-order valence-electron chi connectivity index (χ1n) is 14.7. The van der Waals surface area contributed by atoms with Crippen LogP contribution in [0.1, 0.15) is 31.4 Å². The first kappa shape index (κ1) is 30.2. The predicted octanol–water partition coefficient (Wildman–Crippen LogP) is 6.57. The number of fused-ring (bicyclic) bond motifs is 1. The van der Waals surface area contributed by atoms with Crippen molar-refractivity contribution in [3.05, 3.63) is 77.1 Å². The zero-order chi connectivity index (χ0) is 30.6. The fraction of sp³-hybridized carbons (Fsp3) is 0.344. The highest BCUT2D eigenvalue weighted by Crippen LogP contribution is 2.36.